The van der Waals surface area contributed by atoms with E-state index in [9.17, 15) is 9.18 Å². The van der Waals surface area contributed by atoms with Gasteiger partial charge in [-0.3, -0.25) is 4.90 Å². The van der Waals surface area contributed by atoms with Gasteiger partial charge in [-0.05, 0) is 57.9 Å². The Labute approximate surface area is 184 Å². The van der Waals surface area contributed by atoms with Gasteiger partial charge in [0.1, 0.15) is 5.82 Å². The molecule has 8 heteroatoms. The summed E-state index contributed by atoms with van der Waals surface area (Å²) in [6, 6.07) is 0.320. The van der Waals surface area contributed by atoms with E-state index in [-0.39, 0.29) is 35.7 Å². The maximum Gasteiger partial charge on any atom is 0.410 e. The highest BCUT2D eigenvalue weighted by Crippen LogP contribution is 2.61. The van der Waals surface area contributed by atoms with Crippen molar-refractivity contribution in [3.8, 4) is 0 Å². The van der Waals surface area contributed by atoms with Crippen LogP contribution in [0.5, 0.6) is 0 Å². The van der Waals surface area contributed by atoms with Gasteiger partial charge in [0.15, 0.2) is 5.82 Å². The van der Waals surface area contributed by atoms with Crippen molar-refractivity contribution < 1.29 is 18.7 Å². The summed E-state index contributed by atoms with van der Waals surface area (Å²) in [5, 5.41) is 3.63. The van der Waals surface area contributed by atoms with Crippen LogP contribution in [0.2, 0.25) is 0 Å². The molecule has 3 fully saturated rings. The number of aromatic nitrogens is 2. The van der Waals surface area contributed by atoms with E-state index in [1.54, 1.807) is 0 Å². The van der Waals surface area contributed by atoms with Crippen molar-refractivity contribution in [2.24, 2.45) is 5.92 Å². The third kappa shape index (κ3) is 4.55. The Kier molecular flexibility index (Phi) is 6.77. The van der Waals surface area contributed by atoms with E-state index in [2.05, 4.69) is 29.1 Å². The zero-order valence-corrected chi connectivity index (χ0v) is 18.8. The average molecular weight is 435 g/mol. The number of hydrogen-bond acceptors (Lipinski definition) is 6. The van der Waals surface area contributed by atoms with Gasteiger partial charge in [-0.15, -0.1) is 0 Å². The maximum absolute atomic E-state index is 13.2. The molecule has 0 bridgehead atoms. The van der Waals surface area contributed by atoms with Crippen molar-refractivity contribution in [1.29, 1.82) is 0 Å². The quantitative estimate of drug-likeness (QED) is 0.632. The molecule has 172 valence electrons. The SMILES string of the molecule is CCCCN[C@H]1C[C@@H](C)N(C(=O)OC)[C@H]1CO[C@H]1CC[C@@]2(c3ncc(F)cn3)C[C@H]2C1. The summed E-state index contributed by atoms with van der Waals surface area (Å²) in [5.41, 5.74) is 0.0116. The lowest BCUT2D eigenvalue weighted by Crippen LogP contribution is -2.49. The van der Waals surface area contributed by atoms with Gasteiger partial charge in [0.2, 0.25) is 0 Å². The van der Waals surface area contributed by atoms with Crippen LogP contribution in [0, 0.1) is 11.7 Å². The highest BCUT2D eigenvalue weighted by Gasteiger charge is 2.60. The van der Waals surface area contributed by atoms with Crippen LogP contribution in [0.15, 0.2) is 12.4 Å². The van der Waals surface area contributed by atoms with Crippen LogP contribution in [0.3, 0.4) is 0 Å². The van der Waals surface area contributed by atoms with E-state index < -0.39 is 5.82 Å². The minimum absolute atomic E-state index is 0.0116. The number of methoxy groups -OCH3 is 1. The van der Waals surface area contributed by atoms with Crippen LogP contribution in [-0.4, -0.2) is 65.5 Å². The van der Waals surface area contributed by atoms with E-state index in [0.29, 0.717) is 12.5 Å². The average Bonchev–Trinajstić information content (AvgIpc) is 3.42. The first-order valence-electron chi connectivity index (χ1n) is 11.7. The Bertz CT molecular complexity index is 764. The van der Waals surface area contributed by atoms with Gasteiger partial charge in [0.25, 0.3) is 0 Å². The number of hydrogen-bond donors (Lipinski definition) is 1. The van der Waals surface area contributed by atoms with Gasteiger partial charge in [0, 0.05) is 17.5 Å². The first kappa shape index (κ1) is 22.4. The summed E-state index contributed by atoms with van der Waals surface area (Å²) in [6.07, 6.45) is 9.52. The molecule has 31 heavy (non-hydrogen) atoms. The Morgan fingerprint density at radius 1 is 1.35 bits per heavy atom. The fourth-order valence-electron chi connectivity index (χ4n) is 5.65. The smallest absolute Gasteiger partial charge is 0.410 e. The minimum atomic E-state index is -0.391. The molecule has 1 amide bonds. The summed E-state index contributed by atoms with van der Waals surface area (Å²) in [5.74, 6) is 0.880. The molecule has 2 aliphatic carbocycles. The molecule has 0 radical (unpaired) electrons. The van der Waals surface area contributed by atoms with Crippen molar-refractivity contribution in [3.63, 3.8) is 0 Å². The number of ether oxygens (including phenoxy) is 2. The number of nitrogens with one attached hydrogen (secondary N) is 1. The van der Waals surface area contributed by atoms with Gasteiger partial charge in [-0.2, -0.15) is 0 Å². The second kappa shape index (κ2) is 9.36. The maximum atomic E-state index is 13.2. The largest absolute Gasteiger partial charge is 0.453 e. The molecular weight excluding hydrogens is 399 g/mol. The second-order valence-corrected chi connectivity index (χ2v) is 9.46. The van der Waals surface area contributed by atoms with Gasteiger partial charge in [-0.25, -0.2) is 19.2 Å². The fraction of sp³-hybridized carbons (Fsp3) is 0.783. The Morgan fingerprint density at radius 3 is 2.81 bits per heavy atom. The molecule has 2 heterocycles. The van der Waals surface area contributed by atoms with E-state index in [4.69, 9.17) is 9.47 Å². The Hall–Kier alpha value is -1.80. The number of fused-ring (bicyclic) bond motifs is 1. The molecular formula is C23H35FN4O3. The molecule has 2 saturated carbocycles. The lowest BCUT2D eigenvalue weighted by molar-refractivity contribution is -0.0113. The van der Waals surface area contributed by atoms with Crippen LogP contribution >= 0.6 is 0 Å². The van der Waals surface area contributed by atoms with Gasteiger partial charge < -0.3 is 14.8 Å². The second-order valence-electron chi connectivity index (χ2n) is 9.46. The van der Waals surface area contributed by atoms with Crippen LogP contribution in [0.4, 0.5) is 9.18 Å². The molecule has 1 saturated heterocycles. The van der Waals surface area contributed by atoms with Crippen LogP contribution in [-0.2, 0) is 14.9 Å². The number of halogens is 1. The standard InChI is InChI=1S/C23H35FN4O3/c1-4-5-8-25-19-9-15(2)28(22(29)30-3)20(19)14-31-18-6-7-23(11-16(23)10-18)21-26-12-17(24)13-27-21/h12-13,15-16,18-20,25H,4-11,14H2,1-3H3/t15-,16-,18+,19+,20+,23-/m1/s1. The predicted molar refractivity (Wildman–Crippen MR) is 114 cm³/mol. The topological polar surface area (TPSA) is 76.6 Å². The predicted octanol–water partition coefficient (Wildman–Crippen LogP) is 3.43. The molecule has 0 aromatic carbocycles. The summed E-state index contributed by atoms with van der Waals surface area (Å²) in [6.45, 7) is 5.72. The summed E-state index contributed by atoms with van der Waals surface area (Å²) < 4.78 is 24.6. The molecule has 0 spiro atoms. The molecule has 3 aliphatic rings. The lowest BCUT2D eigenvalue weighted by atomic mass is 9.86. The van der Waals surface area contributed by atoms with Crippen molar-refractivity contribution in [3.05, 3.63) is 24.0 Å². The van der Waals surface area contributed by atoms with Crippen LogP contribution in [0.1, 0.15) is 64.6 Å². The van der Waals surface area contributed by atoms with Gasteiger partial charge in [-0.1, -0.05) is 13.3 Å². The zero-order valence-electron chi connectivity index (χ0n) is 18.8. The molecule has 7 nitrogen and oxygen atoms in total. The van der Waals surface area contributed by atoms with Crippen molar-refractivity contribution >= 4 is 6.09 Å². The highest BCUT2D eigenvalue weighted by atomic mass is 19.1. The third-order valence-corrected chi connectivity index (χ3v) is 7.47. The highest BCUT2D eigenvalue weighted by molar-refractivity contribution is 5.69. The normalized spacial score (nSPS) is 34.5. The number of rotatable bonds is 8. The lowest BCUT2D eigenvalue weighted by Gasteiger charge is -2.33. The monoisotopic (exact) mass is 434 g/mol. The van der Waals surface area contributed by atoms with E-state index in [0.717, 1.165) is 57.3 Å². The number of likely N-dealkylation sites (tertiary alicyclic amines) is 1. The number of carbonyl (C=O) groups is 1. The number of amides is 1. The first-order valence-corrected chi connectivity index (χ1v) is 11.7. The van der Waals surface area contributed by atoms with Crippen molar-refractivity contribution in [1.82, 2.24) is 20.2 Å². The summed E-state index contributed by atoms with van der Waals surface area (Å²) in [7, 11) is 1.44. The van der Waals surface area contributed by atoms with Crippen molar-refractivity contribution in [2.75, 3.05) is 20.3 Å². The molecule has 4 rings (SSSR count). The number of nitrogens with zero attached hydrogens (tertiary/aromatic N) is 3. The van der Waals surface area contributed by atoms with Crippen molar-refractivity contribution in [2.45, 2.75) is 88.4 Å². The van der Waals surface area contributed by atoms with E-state index in [1.807, 2.05) is 4.90 Å². The first-order chi connectivity index (χ1) is 15.0. The number of carbonyl (C=O) groups excluding carboxylic acids is 1. The molecule has 6 atom stereocenters. The van der Waals surface area contributed by atoms with Gasteiger partial charge in [0.05, 0.1) is 38.3 Å². The number of unbranched alkanes of at least 4 members (excludes halogenated alkanes) is 1. The summed E-state index contributed by atoms with van der Waals surface area (Å²) in [4.78, 5) is 22.8. The van der Waals surface area contributed by atoms with E-state index in [1.165, 1.54) is 19.5 Å². The molecule has 1 aromatic heterocycles. The molecule has 1 N–H and O–H groups in total. The molecule has 1 aliphatic heterocycles. The minimum Gasteiger partial charge on any atom is -0.453 e. The third-order valence-electron chi connectivity index (χ3n) is 7.47. The Balaban J connectivity index is 1.34. The van der Waals surface area contributed by atoms with Crippen LogP contribution in [0.25, 0.3) is 0 Å². The fourth-order valence-corrected chi connectivity index (χ4v) is 5.65. The molecule has 0 unspecified atom stereocenters. The van der Waals surface area contributed by atoms with Gasteiger partial charge >= 0.3 is 6.09 Å². The van der Waals surface area contributed by atoms with Crippen LogP contribution < -0.4 is 5.32 Å². The zero-order chi connectivity index (χ0) is 22.0. The molecule has 1 aromatic rings. The Morgan fingerprint density at radius 2 is 2.13 bits per heavy atom. The summed E-state index contributed by atoms with van der Waals surface area (Å²) >= 11 is 0. The van der Waals surface area contributed by atoms with E-state index >= 15 is 0 Å².